The molecule has 0 saturated carbocycles. The fraction of sp³-hybridized carbons (Fsp3) is 0.438. The molecule has 8 heteroatoms. The Morgan fingerprint density at radius 2 is 2.25 bits per heavy atom. The van der Waals surface area contributed by atoms with Crippen molar-refractivity contribution in [1.29, 1.82) is 0 Å². The molecular weight excluding hydrogens is 313 g/mol. The molecule has 0 radical (unpaired) electrons. The van der Waals surface area contributed by atoms with E-state index in [4.69, 9.17) is 4.74 Å². The van der Waals surface area contributed by atoms with Gasteiger partial charge in [-0.25, -0.2) is 9.18 Å². The number of nitrogens with zero attached hydrogens (tertiary/aromatic N) is 4. The molecule has 1 N–H and O–H groups in total. The molecule has 0 spiro atoms. The lowest BCUT2D eigenvalue weighted by Gasteiger charge is -2.24. The number of ether oxygens (including phenoxy) is 1. The predicted octanol–water partition coefficient (Wildman–Crippen LogP) is 2.64. The van der Waals surface area contributed by atoms with Gasteiger partial charge < -0.3 is 19.5 Å². The SMILES string of the molecule is COc1cc(C)c(NC(=O)N2CCCC2c2nncn2C)cc1F. The van der Waals surface area contributed by atoms with E-state index in [2.05, 4.69) is 15.5 Å². The highest BCUT2D eigenvalue weighted by atomic mass is 19.1. The highest BCUT2D eigenvalue weighted by Crippen LogP contribution is 2.32. The zero-order chi connectivity index (χ0) is 17.3. The molecule has 3 rings (SSSR count). The molecule has 1 aromatic carbocycles. The summed E-state index contributed by atoms with van der Waals surface area (Å²) in [5.74, 6) is 0.397. The highest BCUT2D eigenvalue weighted by molar-refractivity contribution is 5.90. The van der Waals surface area contributed by atoms with Crippen LogP contribution in [-0.2, 0) is 7.05 Å². The van der Waals surface area contributed by atoms with Crippen molar-refractivity contribution < 1.29 is 13.9 Å². The van der Waals surface area contributed by atoms with Gasteiger partial charge in [0.25, 0.3) is 0 Å². The van der Waals surface area contributed by atoms with Crippen molar-refractivity contribution >= 4 is 11.7 Å². The number of aromatic nitrogens is 3. The Morgan fingerprint density at radius 3 is 2.92 bits per heavy atom. The first-order chi connectivity index (χ1) is 11.5. The van der Waals surface area contributed by atoms with Crippen LogP contribution in [0.1, 0.15) is 30.3 Å². The van der Waals surface area contributed by atoms with E-state index in [0.29, 0.717) is 12.2 Å². The van der Waals surface area contributed by atoms with Crippen LogP contribution < -0.4 is 10.1 Å². The average Bonchev–Trinajstić information content (AvgIpc) is 3.18. The number of methoxy groups -OCH3 is 1. The Hall–Kier alpha value is -2.64. The number of likely N-dealkylation sites (tertiary alicyclic amines) is 1. The summed E-state index contributed by atoms with van der Waals surface area (Å²) in [6.07, 6.45) is 3.34. The van der Waals surface area contributed by atoms with Crippen molar-refractivity contribution in [2.75, 3.05) is 19.0 Å². The molecule has 1 aliphatic rings. The molecule has 1 fully saturated rings. The summed E-state index contributed by atoms with van der Waals surface area (Å²) in [6.45, 7) is 2.42. The van der Waals surface area contributed by atoms with E-state index < -0.39 is 5.82 Å². The lowest BCUT2D eigenvalue weighted by Crippen LogP contribution is -2.35. The fourth-order valence-electron chi connectivity index (χ4n) is 3.01. The van der Waals surface area contributed by atoms with Crippen LogP contribution in [0.5, 0.6) is 5.75 Å². The molecule has 1 aliphatic heterocycles. The molecule has 0 aliphatic carbocycles. The van der Waals surface area contributed by atoms with Crippen molar-refractivity contribution in [2.45, 2.75) is 25.8 Å². The lowest BCUT2D eigenvalue weighted by atomic mass is 10.2. The number of rotatable bonds is 3. The van der Waals surface area contributed by atoms with E-state index in [-0.39, 0.29) is 17.8 Å². The molecule has 0 bridgehead atoms. The van der Waals surface area contributed by atoms with E-state index in [1.54, 1.807) is 24.2 Å². The van der Waals surface area contributed by atoms with Gasteiger partial charge in [0.15, 0.2) is 17.4 Å². The third-order valence-corrected chi connectivity index (χ3v) is 4.30. The molecule has 1 unspecified atom stereocenters. The van der Waals surface area contributed by atoms with Gasteiger partial charge in [0.05, 0.1) is 13.2 Å². The van der Waals surface area contributed by atoms with Gasteiger partial charge in [0.1, 0.15) is 6.33 Å². The molecule has 24 heavy (non-hydrogen) atoms. The Kier molecular flexibility index (Phi) is 4.37. The maximum Gasteiger partial charge on any atom is 0.322 e. The summed E-state index contributed by atoms with van der Waals surface area (Å²) in [5.41, 5.74) is 1.16. The normalized spacial score (nSPS) is 17.2. The second-order valence-corrected chi connectivity index (χ2v) is 5.88. The summed E-state index contributed by atoms with van der Waals surface area (Å²) in [5, 5.41) is 10.8. The van der Waals surface area contributed by atoms with Gasteiger partial charge in [-0.2, -0.15) is 0 Å². The van der Waals surface area contributed by atoms with E-state index in [9.17, 15) is 9.18 Å². The molecular formula is C16H20FN5O2. The third kappa shape index (κ3) is 2.91. The predicted molar refractivity (Wildman–Crippen MR) is 86.4 cm³/mol. The summed E-state index contributed by atoms with van der Waals surface area (Å²) in [4.78, 5) is 14.4. The zero-order valence-electron chi connectivity index (χ0n) is 13.9. The molecule has 2 amide bonds. The van der Waals surface area contributed by atoms with Crippen molar-refractivity contribution in [2.24, 2.45) is 7.05 Å². The number of halogens is 1. The number of carbonyl (C=O) groups excluding carboxylic acids is 1. The molecule has 2 aromatic rings. The summed E-state index contributed by atoms with van der Waals surface area (Å²) >= 11 is 0. The number of carbonyl (C=O) groups is 1. The number of amides is 2. The second kappa shape index (κ2) is 6.46. The first kappa shape index (κ1) is 16.2. The Labute approximate surface area is 139 Å². The molecule has 1 aromatic heterocycles. The van der Waals surface area contributed by atoms with Crippen LogP contribution in [0, 0.1) is 12.7 Å². The van der Waals surface area contributed by atoms with Crippen LogP contribution in [0.4, 0.5) is 14.9 Å². The number of aryl methyl sites for hydroxylation is 2. The molecule has 7 nitrogen and oxygen atoms in total. The van der Waals surface area contributed by atoms with E-state index in [0.717, 1.165) is 24.2 Å². The van der Waals surface area contributed by atoms with Crippen LogP contribution in [0.3, 0.4) is 0 Å². The fourth-order valence-corrected chi connectivity index (χ4v) is 3.01. The standard InChI is InChI=1S/C16H20FN5O2/c1-10-7-14(24-3)11(17)8-12(10)19-16(23)22-6-4-5-13(22)15-20-18-9-21(15)2/h7-9,13H,4-6H2,1-3H3,(H,19,23). The second-order valence-electron chi connectivity index (χ2n) is 5.88. The monoisotopic (exact) mass is 333 g/mol. The van der Waals surface area contributed by atoms with Gasteiger partial charge in [-0.1, -0.05) is 0 Å². The van der Waals surface area contributed by atoms with Gasteiger partial charge in [0.2, 0.25) is 0 Å². The van der Waals surface area contributed by atoms with Gasteiger partial charge in [-0.15, -0.1) is 10.2 Å². The molecule has 1 atom stereocenters. The van der Waals surface area contributed by atoms with Gasteiger partial charge in [-0.05, 0) is 31.4 Å². The van der Waals surface area contributed by atoms with Gasteiger partial charge >= 0.3 is 6.03 Å². The quantitative estimate of drug-likeness (QED) is 0.937. The Bertz CT molecular complexity index is 761. The van der Waals surface area contributed by atoms with Crippen LogP contribution >= 0.6 is 0 Å². The zero-order valence-corrected chi connectivity index (χ0v) is 13.9. The van der Waals surface area contributed by atoms with E-state index in [1.165, 1.54) is 13.2 Å². The van der Waals surface area contributed by atoms with Crippen molar-refractivity contribution in [3.05, 3.63) is 35.7 Å². The maximum atomic E-state index is 13.9. The number of hydrogen-bond donors (Lipinski definition) is 1. The molecule has 1 saturated heterocycles. The van der Waals surface area contributed by atoms with Crippen LogP contribution in [0.15, 0.2) is 18.5 Å². The number of urea groups is 1. The number of benzene rings is 1. The first-order valence-electron chi connectivity index (χ1n) is 7.77. The number of anilines is 1. The van der Waals surface area contributed by atoms with E-state index >= 15 is 0 Å². The Balaban J connectivity index is 1.80. The lowest BCUT2D eigenvalue weighted by molar-refractivity contribution is 0.204. The average molecular weight is 333 g/mol. The van der Waals surface area contributed by atoms with Crippen LogP contribution in [0.25, 0.3) is 0 Å². The van der Waals surface area contributed by atoms with Crippen molar-refractivity contribution in [3.8, 4) is 5.75 Å². The number of hydrogen-bond acceptors (Lipinski definition) is 4. The third-order valence-electron chi connectivity index (χ3n) is 4.30. The van der Waals surface area contributed by atoms with Crippen LogP contribution in [-0.4, -0.2) is 39.4 Å². The van der Waals surface area contributed by atoms with Crippen LogP contribution in [0.2, 0.25) is 0 Å². The topological polar surface area (TPSA) is 72.3 Å². The van der Waals surface area contributed by atoms with E-state index in [1.807, 2.05) is 11.6 Å². The summed E-state index contributed by atoms with van der Waals surface area (Å²) in [7, 11) is 3.26. The summed E-state index contributed by atoms with van der Waals surface area (Å²) in [6, 6.07) is 2.45. The number of nitrogens with one attached hydrogen (secondary N) is 1. The largest absolute Gasteiger partial charge is 0.494 e. The minimum Gasteiger partial charge on any atom is -0.494 e. The molecule has 2 heterocycles. The smallest absolute Gasteiger partial charge is 0.322 e. The van der Waals surface area contributed by atoms with Gasteiger partial charge in [0, 0.05) is 25.3 Å². The first-order valence-corrected chi connectivity index (χ1v) is 7.77. The van der Waals surface area contributed by atoms with Crippen molar-refractivity contribution in [1.82, 2.24) is 19.7 Å². The summed E-state index contributed by atoms with van der Waals surface area (Å²) < 4.78 is 20.7. The minimum atomic E-state index is -0.510. The minimum absolute atomic E-state index is 0.124. The maximum absolute atomic E-state index is 13.9. The highest BCUT2D eigenvalue weighted by Gasteiger charge is 2.33. The Morgan fingerprint density at radius 1 is 1.46 bits per heavy atom. The van der Waals surface area contributed by atoms with Crippen molar-refractivity contribution in [3.63, 3.8) is 0 Å². The molecule has 128 valence electrons. The van der Waals surface area contributed by atoms with Gasteiger partial charge in [-0.3, -0.25) is 0 Å².